The van der Waals surface area contributed by atoms with E-state index in [2.05, 4.69) is 25.6 Å². The minimum Gasteiger partial charge on any atom is -0.507 e. The highest BCUT2D eigenvalue weighted by Gasteiger charge is 2.27. The van der Waals surface area contributed by atoms with E-state index >= 15 is 0 Å². The van der Waals surface area contributed by atoms with Gasteiger partial charge in [-0.2, -0.15) is 5.10 Å². The van der Waals surface area contributed by atoms with Crippen LogP contribution < -0.4 is 10.3 Å². The van der Waals surface area contributed by atoms with Crippen LogP contribution in [0, 0.1) is 0 Å². The molecule has 1 aromatic heterocycles. The van der Waals surface area contributed by atoms with Crippen LogP contribution in [0.25, 0.3) is 0 Å². The van der Waals surface area contributed by atoms with Crippen LogP contribution in [-0.4, -0.2) is 34.6 Å². The summed E-state index contributed by atoms with van der Waals surface area (Å²) in [6.07, 6.45) is 5.85. The smallest absolute Gasteiger partial charge is 0.168 e. The minimum atomic E-state index is 0.334. The monoisotopic (exact) mass is 343 g/mol. The Balaban J connectivity index is 1.61. The molecule has 2 aliphatic rings. The maximum atomic E-state index is 10.6. The number of phenols is 1. The molecule has 1 aromatic carbocycles. The van der Waals surface area contributed by atoms with Gasteiger partial charge in [0.05, 0.1) is 6.21 Å². The van der Waals surface area contributed by atoms with Gasteiger partial charge in [-0.3, -0.25) is 5.43 Å². The molecule has 7 heteroatoms. The summed E-state index contributed by atoms with van der Waals surface area (Å²) in [5.74, 6) is 0.841. The van der Waals surface area contributed by atoms with Gasteiger partial charge in [-0.15, -0.1) is 10.2 Å². The Morgan fingerprint density at radius 1 is 1.21 bits per heavy atom. The van der Waals surface area contributed by atoms with Crippen molar-refractivity contribution in [3.63, 3.8) is 0 Å². The molecule has 0 fully saturated rings. The Labute approximate surface area is 145 Å². The Morgan fingerprint density at radius 2 is 2.04 bits per heavy atom. The summed E-state index contributed by atoms with van der Waals surface area (Å²) in [5, 5.41) is 22.8. The number of nitrogens with one attached hydrogen (secondary N) is 1. The molecule has 2 N–H and O–H groups in total. The third-order valence-corrected chi connectivity index (χ3v) is 4.74. The van der Waals surface area contributed by atoms with Gasteiger partial charge in [0, 0.05) is 29.9 Å². The van der Waals surface area contributed by atoms with Gasteiger partial charge in [0.1, 0.15) is 5.75 Å². The van der Waals surface area contributed by atoms with Gasteiger partial charge in [-0.05, 0) is 49.4 Å². The van der Waals surface area contributed by atoms with Crippen LogP contribution >= 0.6 is 11.6 Å². The normalized spacial score (nSPS) is 16.3. The number of nitrogens with zero attached hydrogens (tertiary/aromatic N) is 4. The van der Waals surface area contributed by atoms with Crippen molar-refractivity contribution in [1.29, 1.82) is 0 Å². The van der Waals surface area contributed by atoms with Crippen molar-refractivity contribution in [2.45, 2.75) is 25.7 Å². The minimum absolute atomic E-state index is 0.334. The quantitative estimate of drug-likeness (QED) is 0.662. The van der Waals surface area contributed by atoms with Gasteiger partial charge in [0.25, 0.3) is 0 Å². The number of aromatic hydroxyl groups is 1. The number of aromatic nitrogens is 2. The Morgan fingerprint density at radius 3 is 2.83 bits per heavy atom. The predicted octanol–water partition coefficient (Wildman–Crippen LogP) is 2.98. The number of hydrogen-bond donors (Lipinski definition) is 2. The lowest BCUT2D eigenvalue weighted by Gasteiger charge is -2.37. The molecule has 0 bridgehead atoms. The summed E-state index contributed by atoms with van der Waals surface area (Å²) >= 11 is 5.70. The summed E-state index contributed by atoms with van der Waals surface area (Å²) in [6.45, 7) is 2.17. The molecule has 3 heterocycles. The van der Waals surface area contributed by atoms with Gasteiger partial charge in [-0.25, -0.2) is 0 Å². The first-order valence-corrected chi connectivity index (χ1v) is 8.51. The average molecular weight is 344 g/mol. The van der Waals surface area contributed by atoms with E-state index in [-0.39, 0.29) is 0 Å². The highest BCUT2D eigenvalue weighted by Crippen LogP contribution is 2.41. The number of anilines is 2. The molecular formula is C17H18ClN5O. The molecule has 0 radical (unpaired) electrons. The zero-order valence-electron chi connectivity index (χ0n) is 13.2. The first-order chi connectivity index (χ1) is 11.7. The molecule has 6 nitrogen and oxygen atoms in total. The van der Waals surface area contributed by atoms with Gasteiger partial charge < -0.3 is 10.0 Å². The molecule has 0 saturated heterocycles. The van der Waals surface area contributed by atoms with Crippen LogP contribution in [0.15, 0.2) is 23.3 Å². The lowest BCUT2D eigenvalue weighted by Crippen LogP contribution is -2.34. The third-order valence-electron chi connectivity index (χ3n) is 4.54. The van der Waals surface area contributed by atoms with E-state index < -0.39 is 0 Å². The van der Waals surface area contributed by atoms with E-state index in [0.717, 1.165) is 49.9 Å². The van der Waals surface area contributed by atoms with Crippen LogP contribution in [0.3, 0.4) is 0 Å². The molecule has 0 unspecified atom stereocenters. The molecule has 0 atom stereocenters. The number of hydrazone groups is 1. The summed E-state index contributed by atoms with van der Waals surface area (Å²) in [4.78, 5) is 2.40. The number of rotatable bonds is 3. The molecule has 2 aromatic rings. The molecule has 4 rings (SSSR count). The van der Waals surface area contributed by atoms with Crippen molar-refractivity contribution in [3.05, 3.63) is 40.0 Å². The Kier molecular flexibility index (Phi) is 3.98. The molecular weight excluding hydrogens is 326 g/mol. The Bertz CT molecular complexity index is 789. The zero-order chi connectivity index (χ0) is 16.5. The van der Waals surface area contributed by atoms with E-state index in [1.54, 1.807) is 18.3 Å². The van der Waals surface area contributed by atoms with Crippen LogP contribution in [0.5, 0.6) is 5.75 Å². The number of aryl methyl sites for hydroxylation is 1. The number of benzene rings is 1. The van der Waals surface area contributed by atoms with E-state index in [0.29, 0.717) is 16.7 Å². The second-order valence-electron chi connectivity index (χ2n) is 6.11. The highest BCUT2D eigenvalue weighted by molar-refractivity contribution is 6.29. The molecule has 0 aliphatic carbocycles. The highest BCUT2D eigenvalue weighted by atomic mass is 35.5. The fourth-order valence-corrected chi connectivity index (χ4v) is 3.61. The zero-order valence-corrected chi connectivity index (χ0v) is 13.9. The van der Waals surface area contributed by atoms with Crippen molar-refractivity contribution in [2.24, 2.45) is 5.10 Å². The number of phenolic OH excluding ortho intramolecular Hbond substituents is 1. The second kappa shape index (κ2) is 6.28. The maximum absolute atomic E-state index is 10.6. The van der Waals surface area contributed by atoms with Crippen LogP contribution in [-0.2, 0) is 12.8 Å². The molecule has 0 amide bonds. The molecule has 0 spiro atoms. The van der Waals surface area contributed by atoms with E-state index in [1.165, 1.54) is 11.3 Å². The Hall–Kier alpha value is -2.34. The lowest BCUT2D eigenvalue weighted by atomic mass is 9.89. The molecule has 24 heavy (non-hydrogen) atoms. The topological polar surface area (TPSA) is 73.6 Å². The molecule has 2 aliphatic heterocycles. The predicted molar refractivity (Wildman–Crippen MR) is 95.2 cm³/mol. The SMILES string of the molecule is Oc1c(/C=N/Nc2ccc(Cl)nn2)cc2c3c1CCCN3CCC2. The average Bonchev–Trinajstić information content (AvgIpc) is 2.61. The van der Waals surface area contributed by atoms with Gasteiger partial charge >= 0.3 is 0 Å². The summed E-state index contributed by atoms with van der Waals surface area (Å²) in [7, 11) is 0. The third kappa shape index (κ3) is 2.78. The van der Waals surface area contributed by atoms with Crippen molar-refractivity contribution >= 4 is 29.3 Å². The number of halogens is 1. The van der Waals surface area contributed by atoms with Crippen molar-refractivity contribution in [1.82, 2.24) is 10.2 Å². The van der Waals surface area contributed by atoms with E-state index in [1.807, 2.05) is 6.07 Å². The van der Waals surface area contributed by atoms with Crippen molar-refractivity contribution < 1.29 is 5.11 Å². The lowest BCUT2D eigenvalue weighted by molar-refractivity contribution is 0.461. The largest absolute Gasteiger partial charge is 0.507 e. The second-order valence-corrected chi connectivity index (χ2v) is 6.49. The van der Waals surface area contributed by atoms with Gasteiger partial charge in [-0.1, -0.05) is 11.6 Å². The first-order valence-electron chi connectivity index (χ1n) is 8.13. The van der Waals surface area contributed by atoms with Crippen LogP contribution in [0.4, 0.5) is 11.5 Å². The summed E-state index contributed by atoms with van der Waals surface area (Å²) < 4.78 is 0. The van der Waals surface area contributed by atoms with E-state index in [4.69, 9.17) is 11.6 Å². The fraction of sp³-hybridized carbons (Fsp3) is 0.353. The number of hydrogen-bond acceptors (Lipinski definition) is 6. The molecule has 124 valence electrons. The maximum Gasteiger partial charge on any atom is 0.168 e. The van der Waals surface area contributed by atoms with Gasteiger partial charge in [0.2, 0.25) is 0 Å². The standard InChI is InChI=1S/C17H18ClN5O/c18-14-5-6-15(22-20-14)21-19-10-12-9-11-3-1-7-23-8-2-4-13(16(11)23)17(12)24/h5-6,9-10,24H,1-4,7-8H2,(H,21,22)/b19-10+. The first kappa shape index (κ1) is 15.2. The summed E-state index contributed by atoms with van der Waals surface area (Å²) in [6, 6.07) is 5.38. The van der Waals surface area contributed by atoms with Crippen LogP contribution in [0.1, 0.15) is 29.5 Å². The van der Waals surface area contributed by atoms with Crippen LogP contribution in [0.2, 0.25) is 5.15 Å². The molecule has 0 saturated carbocycles. The summed E-state index contributed by atoms with van der Waals surface area (Å²) in [5.41, 5.74) is 7.16. The van der Waals surface area contributed by atoms with Crippen molar-refractivity contribution in [2.75, 3.05) is 23.4 Å². The van der Waals surface area contributed by atoms with Crippen molar-refractivity contribution in [3.8, 4) is 5.75 Å². The van der Waals surface area contributed by atoms with Gasteiger partial charge in [0.15, 0.2) is 11.0 Å². The van der Waals surface area contributed by atoms with E-state index in [9.17, 15) is 5.11 Å². The fourth-order valence-electron chi connectivity index (χ4n) is 3.51.